The molecule has 0 saturated carbocycles. The Morgan fingerprint density at radius 2 is 0.684 bits per heavy atom. The number of ether oxygens (including phenoxy) is 4. The minimum atomic E-state index is -1.35. The van der Waals surface area contributed by atoms with Crippen molar-refractivity contribution in [1.82, 2.24) is 74.4 Å². The highest BCUT2D eigenvalue weighted by atomic mass is 32.2. The number of thioether (sulfide) groups is 1. The number of hydrogen-bond donors (Lipinski definition) is 14. The summed E-state index contributed by atoms with van der Waals surface area (Å²) < 4.78 is 22.4. The number of rotatable bonds is 41. The van der Waals surface area contributed by atoms with Crippen molar-refractivity contribution in [2.24, 2.45) is 41.4 Å². The number of fused-ring (bicyclic) bond motifs is 1. The molecule has 3 aliphatic rings. The number of hydrogen-bond acceptors (Lipinski definition) is 18. The Kier molecular flexibility index (Phi) is 45.0. The van der Waals surface area contributed by atoms with Gasteiger partial charge < -0.3 is 93.4 Å². The molecule has 117 heavy (non-hydrogen) atoms. The summed E-state index contributed by atoms with van der Waals surface area (Å²) in [5.41, 5.74) is 1.31. The van der Waals surface area contributed by atoms with Crippen molar-refractivity contribution in [3.63, 3.8) is 0 Å². The highest BCUT2D eigenvalue weighted by molar-refractivity contribution is 8.00. The SMILES string of the molecule is CC(C)C[C@@H]1NC(=O)[C@H](Cc2ccccc2)NC(=O)[C@@H](CC(C)C)NC(=O)[C@@H](C(C)C)NC(=O)[C@H](CC(C)C)NC(=O)[C@H](CC(C)C)NC(=O)[C@H](Cc2ccccc2)NC(=O)[C@@H](CC(C)C)NC(=O)[C@@H](C(C)C)NC(=O)[C@H](CCCCNC(=O)CCOCCOCCOCCOCCNC(=O)CCCCC2SCC3NC(=O)NC32)NC1=O. The van der Waals surface area contributed by atoms with Gasteiger partial charge in [-0.25, -0.2) is 4.79 Å². The van der Waals surface area contributed by atoms with Crippen LogP contribution in [-0.4, -0.2) is 226 Å². The van der Waals surface area contributed by atoms with E-state index in [0.717, 1.165) is 25.0 Å². The average molecular weight is 1660 g/mol. The molecule has 31 nitrogen and oxygen atoms in total. The fourth-order valence-corrected chi connectivity index (χ4v) is 15.5. The number of amides is 14. The minimum Gasteiger partial charge on any atom is -0.379 e. The molecule has 3 fully saturated rings. The third-order valence-electron chi connectivity index (χ3n) is 20.1. The second kappa shape index (κ2) is 53.2. The molecule has 5 rings (SSSR count). The first-order chi connectivity index (χ1) is 55.7. The maximum Gasteiger partial charge on any atom is 0.315 e. The van der Waals surface area contributed by atoms with Crippen LogP contribution in [0.2, 0.25) is 0 Å². The molecule has 3 saturated heterocycles. The first kappa shape index (κ1) is 99.1. The minimum absolute atomic E-state index is 0.0184. The number of carbonyl (C=O) groups excluding carboxylic acids is 13. The van der Waals surface area contributed by atoms with Gasteiger partial charge in [-0.3, -0.25) is 57.5 Å². The van der Waals surface area contributed by atoms with Crippen LogP contribution < -0.4 is 74.4 Å². The van der Waals surface area contributed by atoms with Gasteiger partial charge in [0.25, 0.3) is 0 Å². The highest BCUT2D eigenvalue weighted by Gasteiger charge is 2.43. The molecule has 0 aromatic heterocycles. The van der Waals surface area contributed by atoms with E-state index in [1.807, 2.05) is 81.0 Å². The molecule has 14 N–H and O–H groups in total. The number of benzene rings is 2. The van der Waals surface area contributed by atoms with Gasteiger partial charge in [0.15, 0.2) is 0 Å². The van der Waals surface area contributed by atoms with Crippen molar-refractivity contribution in [2.75, 3.05) is 71.7 Å². The molecule has 3 heterocycles. The van der Waals surface area contributed by atoms with E-state index < -0.39 is 131 Å². The zero-order valence-electron chi connectivity index (χ0n) is 71.6. The lowest BCUT2D eigenvalue weighted by Gasteiger charge is -2.31. The lowest BCUT2D eigenvalue weighted by atomic mass is 9.97. The molecule has 3 unspecified atom stereocenters. The van der Waals surface area contributed by atoms with E-state index in [4.69, 9.17) is 18.9 Å². The van der Waals surface area contributed by atoms with Gasteiger partial charge in [0.2, 0.25) is 70.9 Å². The van der Waals surface area contributed by atoms with Gasteiger partial charge in [0, 0.05) is 49.8 Å². The average Bonchev–Trinajstić information content (AvgIpc) is 1.80. The summed E-state index contributed by atoms with van der Waals surface area (Å²) in [5, 5.41) is 40.7. The van der Waals surface area contributed by atoms with Crippen molar-refractivity contribution in [2.45, 2.75) is 271 Å². The van der Waals surface area contributed by atoms with Gasteiger partial charge in [-0.2, -0.15) is 11.8 Å². The van der Waals surface area contributed by atoms with Gasteiger partial charge >= 0.3 is 6.03 Å². The van der Waals surface area contributed by atoms with Crippen molar-refractivity contribution < 1.29 is 81.3 Å². The first-order valence-electron chi connectivity index (χ1n) is 42.3. The van der Waals surface area contributed by atoms with E-state index in [1.165, 1.54) is 0 Å². The molecular weight excluding hydrogens is 1520 g/mol. The molecule has 0 spiro atoms. The number of urea groups is 1. The molecular formula is C85H138N14O17S. The van der Waals surface area contributed by atoms with Crippen LogP contribution in [0.5, 0.6) is 0 Å². The molecule has 3 aliphatic heterocycles. The smallest absolute Gasteiger partial charge is 0.315 e. The first-order valence-corrected chi connectivity index (χ1v) is 43.4. The Hall–Kier alpha value is -8.46. The molecule has 13 atom stereocenters. The Labute approximate surface area is 696 Å². The van der Waals surface area contributed by atoms with Crippen molar-refractivity contribution >= 4 is 88.7 Å². The van der Waals surface area contributed by atoms with Crippen molar-refractivity contribution in [1.29, 1.82) is 0 Å². The summed E-state index contributed by atoms with van der Waals surface area (Å²) in [6.45, 7) is 28.2. The van der Waals surface area contributed by atoms with Crippen LogP contribution in [0.4, 0.5) is 4.79 Å². The molecule has 2 aromatic carbocycles. The lowest BCUT2D eigenvalue weighted by Crippen LogP contribution is -2.62. The van der Waals surface area contributed by atoms with Crippen LogP contribution in [-0.2, 0) is 89.3 Å². The molecule has 656 valence electrons. The molecule has 14 amide bonds. The van der Waals surface area contributed by atoms with Crippen LogP contribution in [0.25, 0.3) is 0 Å². The van der Waals surface area contributed by atoms with E-state index >= 15 is 14.4 Å². The topological polar surface area (TPSA) is 427 Å². The van der Waals surface area contributed by atoms with E-state index in [2.05, 4.69) is 74.4 Å². The Morgan fingerprint density at radius 1 is 0.350 bits per heavy atom. The summed E-state index contributed by atoms with van der Waals surface area (Å²) in [6.07, 6.45) is 4.06. The molecule has 0 bridgehead atoms. The fourth-order valence-electron chi connectivity index (χ4n) is 14.0. The second-order valence-electron chi connectivity index (χ2n) is 33.7. The maximum absolute atomic E-state index is 15.0. The monoisotopic (exact) mass is 1660 g/mol. The van der Waals surface area contributed by atoms with E-state index in [9.17, 15) is 47.9 Å². The summed E-state index contributed by atoms with van der Waals surface area (Å²) in [4.78, 5) is 186. The van der Waals surface area contributed by atoms with Crippen molar-refractivity contribution in [3.8, 4) is 0 Å². The third kappa shape index (κ3) is 38.0. The van der Waals surface area contributed by atoms with E-state index in [-0.39, 0.29) is 150 Å². The summed E-state index contributed by atoms with van der Waals surface area (Å²) in [7, 11) is 0. The number of carbonyl (C=O) groups is 13. The fraction of sp³-hybridized carbons (Fsp3) is 0.706. The molecule has 2 aromatic rings. The van der Waals surface area contributed by atoms with E-state index in [0.29, 0.717) is 68.8 Å². The summed E-state index contributed by atoms with van der Waals surface area (Å²) >= 11 is 1.87. The van der Waals surface area contributed by atoms with Gasteiger partial charge in [-0.05, 0) is 117 Å². The van der Waals surface area contributed by atoms with Gasteiger partial charge in [-0.15, -0.1) is 0 Å². The van der Waals surface area contributed by atoms with Crippen LogP contribution >= 0.6 is 11.8 Å². The molecule has 0 aliphatic carbocycles. The normalized spacial score (nSPS) is 24.0. The summed E-state index contributed by atoms with van der Waals surface area (Å²) in [5.74, 6) is -8.88. The maximum atomic E-state index is 15.0. The largest absolute Gasteiger partial charge is 0.379 e. The highest BCUT2D eigenvalue weighted by Crippen LogP contribution is 2.33. The van der Waals surface area contributed by atoms with Crippen LogP contribution in [0.1, 0.15) is 192 Å². The number of unbranched alkanes of at least 4 members (excludes halogenated alkanes) is 2. The van der Waals surface area contributed by atoms with Crippen molar-refractivity contribution in [3.05, 3.63) is 71.8 Å². The van der Waals surface area contributed by atoms with Crippen LogP contribution in [0.15, 0.2) is 60.7 Å². The standard InChI is InChI=1S/C85H138N14O17S/c1-51(2)43-61-76(103)88-60(29-23-24-33-86-71(101)32-35-113-37-39-115-41-42-116-40-38-114-36-34-87-70(100)31-22-21-30-69-74-68(50-117-69)96-85(112)99-74)75(102)97-72(56(11)12)83(110)94-63(45-53(5)6)78(105)93-67(49-59-27-19-16-20-28-59)81(108)90-62(44-52(3)4)77(104)91-65(47-55(9)10)82(109)98-73(57(13)14)84(111)95-64(46-54(7)8)79(106)92-66(80(107)89-61)48-58-25-17-15-18-26-58/h15-20,25-28,51-57,60-69,72-74H,21-24,29-50H2,1-14H3,(H,86,101)(H,87,100)(H,88,103)(H,89,107)(H,90,108)(H,91,104)(H,92,106)(H,93,105)(H,94,110)(H,95,111)(H,97,102)(H,98,109)(H2,96,99,112)/t60-,61-,62-,63+,64+,65-,66-,67-,68?,69?,72+,73+,74?/m0/s1. The quantitative estimate of drug-likeness (QED) is 0.0323. The third-order valence-corrected chi connectivity index (χ3v) is 21.6. The Bertz CT molecular complexity index is 3450. The van der Waals surface area contributed by atoms with Gasteiger partial charge in [0.1, 0.15) is 60.4 Å². The zero-order chi connectivity index (χ0) is 86.1. The predicted octanol–water partition coefficient (Wildman–Crippen LogP) is 4.46. The Morgan fingerprint density at radius 3 is 1.09 bits per heavy atom. The number of nitrogens with one attached hydrogen (secondary N) is 14. The van der Waals surface area contributed by atoms with Crippen LogP contribution in [0.3, 0.4) is 0 Å². The second-order valence-corrected chi connectivity index (χ2v) is 35.0. The Balaban J connectivity index is 1.30. The lowest BCUT2D eigenvalue weighted by molar-refractivity contribution is -0.137. The predicted molar refractivity (Wildman–Crippen MR) is 448 cm³/mol. The van der Waals surface area contributed by atoms with Crippen LogP contribution in [0, 0.1) is 41.4 Å². The molecule has 32 heteroatoms. The van der Waals surface area contributed by atoms with Gasteiger partial charge in [-0.1, -0.05) is 164 Å². The summed E-state index contributed by atoms with van der Waals surface area (Å²) in [6, 6.07) is 5.16. The van der Waals surface area contributed by atoms with E-state index in [1.54, 1.807) is 88.4 Å². The molecule has 0 radical (unpaired) electrons. The zero-order valence-corrected chi connectivity index (χ0v) is 72.4. The van der Waals surface area contributed by atoms with Gasteiger partial charge in [0.05, 0.1) is 64.9 Å².